The van der Waals surface area contributed by atoms with Gasteiger partial charge < -0.3 is 15.3 Å². The van der Waals surface area contributed by atoms with Crippen molar-refractivity contribution in [2.45, 2.75) is 31.4 Å². The summed E-state index contributed by atoms with van der Waals surface area (Å²) in [5.41, 5.74) is 3.27. The molecule has 3 atom stereocenters. The molecule has 136 valence electrons. The maximum atomic E-state index is 13.8. The van der Waals surface area contributed by atoms with Crippen molar-refractivity contribution in [2.75, 3.05) is 25.0 Å². The van der Waals surface area contributed by atoms with E-state index in [1.165, 1.54) is 17.7 Å². The third-order valence-electron chi connectivity index (χ3n) is 4.90. The molecule has 3 nitrogen and oxygen atoms in total. The lowest BCUT2D eigenvalue weighted by molar-refractivity contribution is 0.140. The highest BCUT2D eigenvalue weighted by atomic mass is 35.5. The van der Waals surface area contributed by atoms with Crippen LogP contribution < -0.4 is 10.2 Å². The number of anilines is 1. The van der Waals surface area contributed by atoms with Gasteiger partial charge in [0.1, 0.15) is 5.82 Å². The first-order valence-corrected chi connectivity index (χ1v) is 8.59. The van der Waals surface area contributed by atoms with Crippen molar-refractivity contribution in [2.24, 2.45) is 0 Å². The first-order chi connectivity index (χ1) is 11.7. The van der Waals surface area contributed by atoms with Crippen LogP contribution in [0.1, 0.15) is 36.4 Å². The third-order valence-corrected chi connectivity index (χ3v) is 4.90. The second-order valence-corrected chi connectivity index (χ2v) is 6.44. The SMILES string of the molecule is CCC1CN([C@@H](c2cccc(F)c2)[C@H](O)CNC)c2ccccc21.Cl. The molecule has 2 N–H and O–H groups in total. The number of aliphatic hydroxyl groups excluding tert-OH is 1. The van der Waals surface area contributed by atoms with Crippen LogP contribution in [0.5, 0.6) is 0 Å². The van der Waals surface area contributed by atoms with Crippen LogP contribution in [0.4, 0.5) is 10.1 Å². The molecule has 2 aromatic carbocycles. The molecule has 0 saturated carbocycles. The van der Waals surface area contributed by atoms with Crippen LogP contribution in [0.2, 0.25) is 0 Å². The van der Waals surface area contributed by atoms with E-state index < -0.39 is 6.10 Å². The Balaban J connectivity index is 0.00000225. The molecule has 2 aromatic rings. The van der Waals surface area contributed by atoms with E-state index in [1.54, 1.807) is 6.07 Å². The topological polar surface area (TPSA) is 35.5 Å². The molecule has 0 radical (unpaired) electrons. The average molecular weight is 365 g/mol. The Kier molecular flexibility index (Phi) is 6.82. The number of benzene rings is 2. The van der Waals surface area contributed by atoms with Gasteiger partial charge in [0.25, 0.3) is 0 Å². The highest BCUT2D eigenvalue weighted by Gasteiger charge is 2.35. The van der Waals surface area contributed by atoms with Gasteiger partial charge in [0.05, 0.1) is 12.1 Å². The van der Waals surface area contributed by atoms with Gasteiger partial charge in [0, 0.05) is 24.7 Å². The molecular formula is C20H26ClFN2O. The Hall–Kier alpha value is -1.62. The monoisotopic (exact) mass is 364 g/mol. The lowest BCUT2D eigenvalue weighted by atomic mass is 9.98. The van der Waals surface area contributed by atoms with Crippen molar-refractivity contribution >= 4 is 18.1 Å². The van der Waals surface area contributed by atoms with E-state index in [0.29, 0.717) is 12.5 Å². The van der Waals surface area contributed by atoms with Crippen molar-refractivity contribution in [1.29, 1.82) is 0 Å². The molecule has 1 heterocycles. The summed E-state index contributed by atoms with van der Waals surface area (Å²) in [5.74, 6) is 0.174. The fourth-order valence-electron chi connectivity index (χ4n) is 3.76. The second-order valence-electron chi connectivity index (χ2n) is 6.44. The van der Waals surface area contributed by atoms with Crippen LogP contribution in [-0.4, -0.2) is 31.3 Å². The summed E-state index contributed by atoms with van der Waals surface area (Å²) >= 11 is 0. The Labute approximate surface area is 155 Å². The summed E-state index contributed by atoms with van der Waals surface area (Å²) in [4.78, 5) is 2.24. The molecule has 1 aliphatic rings. The minimum atomic E-state index is -0.625. The lowest BCUT2D eigenvalue weighted by Gasteiger charge is -2.34. The Morgan fingerprint density at radius 3 is 2.68 bits per heavy atom. The molecule has 0 aromatic heterocycles. The predicted molar refractivity (Wildman–Crippen MR) is 103 cm³/mol. The van der Waals surface area contributed by atoms with Crippen LogP contribution in [0.3, 0.4) is 0 Å². The van der Waals surface area contributed by atoms with Crippen molar-refractivity contribution in [3.63, 3.8) is 0 Å². The summed E-state index contributed by atoms with van der Waals surface area (Å²) < 4.78 is 13.8. The number of fused-ring (bicyclic) bond motifs is 1. The fraction of sp³-hybridized carbons (Fsp3) is 0.400. The van der Waals surface area contributed by atoms with Crippen LogP contribution >= 0.6 is 12.4 Å². The number of nitrogens with zero attached hydrogens (tertiary/aromatic N) is 1. The van der Waals surface area contributed by atoms with E-state index in [-0.39, 0.29) is 24.3 Å². The number of halogens is 2. The van der Waals surface area contributed by atoms with Gasteiger partial charge in [-0.2, -0.15) is 0 Å². The molecule has 0 saturated heterocycles. The normalized spacial score (nSPS) is 18.4. The standard InChI is InChI=1S/C20H25FN2O.ClH/c1-3-14-13-23(18-10-5-4-9-17(14)18)20(19(24)12-22-2)15-7-6-8-16(21)11-15;/h4-11,14,19-20,22,24H,3,12-13H2,1-2H3;1H/t14?,19-,20+;/m1./s1. The first kappa shape index (κ1) is 19.7. The molecule has 0 aliphatic carbocycles. The molecule has 1 aliphatic heterocycles. The Bertz CT molecular complexity index is 697. The number of para-hydroxylation sites is 1. The summed E-state index contributed by atoms with van der Waals surface area (Å²) in [6.07, 6.45) is 0.423. The van der Waals surface area contributed by atoms with Crippen molar-refractivity contribution in [3.05, 3.63) is 65.5 Å². The van der Waals surface area contributed by atoms with E-state index in [1.807, 2.05) is 19.2 Å². The van der Waals surface area contributed by atoms with Gasteiger partial charge in [-0.15, -0.1) is 12.4 Å². The molecular weight excluding hydrogens is 339 g/mol. The van der Waals surface area contributed by atoms with Gasteiger partial charge in [0.15, 0.2) is 0 Å². The number of nitrogens with one attached hydrogen (secondary N) is 1. The van der Waals surface area contributed by atoms with E-state index in [4.69, 9.17) is 0 Å². The smallest absolute Gasteiger partial charge is 0.123 e. The second kappa shape index (κ2) is 8.65. The molecule has 1 unspecified atom stereocenters. The van der Waals surface area contributed by atoms with Gasteiger partial charge in [-0.05, 0) is 42.8 Å². The zero-order valence-corrected chi connectivity index (χ0v) is 15.5. The number of hydrogen-bond donors (Lipinski definition) is 2. The summed E-state index contributed by atoms with van der Waals surface area (Å²) in [5, 5.41) is 13.8. The molecule has 0 fully saturated rings. The summed E-state index contributed by atoms with van der Waals surface area (Å²) in [7, 11) is 1.82. The molecule has 5 heteroatoms. The first-order valence-electron chi connectivity index (χ1n) is 8.59. The van der Waals surface area contributed by atoms with Gasteiger partial charge in [-0.25, -0.2) is 4.39 Å². The van der Waals surface area contributed by atoms with Gasteiger partial charge in [-0.3, -0.25) is 0 Å². The number of likely N-dealkylation sites (N-methyl/N-ethyl adjacent to an activating group) is 1. The van der Waals surface area contributed by atoms with Crippen LogP contribution in [0.25, 0.3) is 0 Å². The van der Waals surface area contributed by atoms with Gasteiger partial charge in [-0.1, -0.05) is 37.3 Å². The Morgan fingerprint density at radius 1 is 1.24 bits per heavy atom. The van der Waals surface area contributed by atoms with Crippen molar-refractivity contribution in [1.82, 2.24) is 5.32 Å². The van der Waals surface area contributed by atoms with E-state index in [9.17, 15) is 9.50 Å². The number of aliphatic hydroxyl groups is 1. The minimum absolute atomic E-state index is 0. The van der Waals surface area contributed by atoms with E-state index in [0.717, 1.165) is 24.2 Å². The average Bonchev–Trinajstić information content (AvgIpc) is 2.94. The molecule has 0 spiro atoms. The predicted octanol–water partition coefficient (Wildman–Crippen LogP) is 3.88. The van der Waals surface area contributed by atoms with Gasteiger partial charge >= 0.3 is 0 Å². The maximum Gasteiger partial charge on any atom is 0.123 e. The summed E-state index contributed by atoms with van der Waals surface area (Å²) in [6.45, 7) is 3.49. The summed E-state index contributed by atoms with van der Waals surface area (Å²) in [6, 6.07) is 14.7. The van der Waals surface area contributed by atoms with Crippen LogP contribution in [-0.2, 0) is 0 Å². The van der Waals surface area contributed by atoms with Crippen molar-refractivity contribution in [3.8, 4) is 0 Å². The third kappa shape index (κ3) is 3.97. The number of hydrogen-bond acceptors (Lipinski definition) is 3. The van der Waals surface area contributed by atoms with E-state index >= 15 is 0 Å². The largest absolute Gasteiger partial charge is 0.389 e. The Morgan fingerprint density at radius 2 is 2.00 bits per heavy atom. The highest BCUT2D eigenvalue weighted by molar-refractivity contribution is 5.85. The van der Waals surface area contributed by atoms with Crippen LogP contribution in [0.15, 0.2) is 48.5 Å². The van der Waals surface area contributed by atoms with Gasteiger partial charge in [0.2, 0.25) is 0 Å². The molecule has 0 bridgehead atoms. The minimum Gasteiger partial charge on any atom is -0.389 e. The maximum absolute atomic E-state index is 13.8. The lowest BCUT2D eigenvalue weighted by Crippen LogP contribution is -2.40. The quantitative estimate of drug-likeness (QED) is 0.816. The highest BCUT2D eigenvalue weighted by Crippen LogP contribution is 2.43. The molecule has 0 amide bonds. The van der Waals surface area contributed by atoms with E-state index in [2.05, 4.69) is 35.3 Å². The van der Waals surface area contributed by atoms with Crippen LogP contribution in [0, 0.1) is 5.82 Å². The number of rotatable bonds is 6. The molecule has 3 rings (SSSR count). The molecule has 25 heavy (non-hydrogen) atoms. The van der Waals surface area contributed by atoms with Crippen molar-refractivity contribution < 1.29 is 9.50 Å². The fourth-order valence-corrected chi connectivity index (χ4v) is 3.76. The zero-order chi connectivity index (χ0) is 17.1. The zero-order valence-electron chi connectivity index (χ0n) is 14.7.